The second-order valence-corrected chi connectivity index (χ2v) is 7.09. The maximum Gasteiger partial charge on any atom is 0.417 e. The Morgan fingerprint density at radius 2 is 1.72 bits per heavy atom. The van der Waals surface area contributed by atoms with Gasteiger partial charge in [0.2, 0.25) is 11.8 Å². The van der Waals surface area contributed by atoms with Gasteiger partial charge >= 0.3 is 12.4 Å². The van der Waals surface area contributed by atoms with E-state index in [1.807, 2.05) is 0 Å². The summed E-state index contributed by atoms with van der Waals surface area (Å²) < 4.78 is 85.2. The van der Waals surface area contributed by atoms with Gasteiger partial charge in [-0.05, 0) is 43.2 Å². The highest BCUT2D eigenvalue weighted by atomic mass is 19.4. The summed E-state index contributed by atoms with van der Waals surface area (Å²) in [6, 6.07) is 3.16. The fraction of sp³-hybridized carbons (Fsp3) is 0.300. The van der Waals surface area contributed by atoms with Gasteiger partial charge in [0.1, 0.15) is 6.04 Å². The quantitative estimate of drug-likeness (QED) is 0.510. The van der Waals surface area contributed by atoms with Crippen LogP contribution in [-0.4, -0.2) is 32.5 Å². The van der Waals surface area contributed by atoms with Crippen LogP contribution in [0, 0.1) is 0 Å². The van der Waals surface area contributed by atoms with Crippen molar-refractivity contribution in [3.63, 3.8) is 0 Å². The minimum absolute atomic E-state index is 0.0109. The van der Waals surface area contributed by atoms with Crippen molar-refractivity contribution in [3.05, 3.63) is 65.3 Å². The molecule has 6 nitrogen and oxygen atoms in total. The summed E-state index contributed by atoms with van der Waals surface area (Å²) >= 11 is 0. The smallest absolute Gasteiger partial charge is 0.417 e. The van der Waals surface area contributed by atoms with Gasteiger partial charge in [-0.15, -0.1) is 10.2 Å². The Hall–Kier alpha value is -3.44. The fourth-order valence-electron chi connectivity index (χ4n) is 3.55. The van der Waals surface area contributed by atoms with Crippen LogP contribution in [0.1, 0.15) is 46.3 Å². The lowest BCUT2D eigenvalue weighted by Crippen LogP contribution is -2.32. The van der Waals surface area contributed by atoms with E-state index >= 15 is 0 Å². The van der Waals surface area contributed by atoms with E-state index in [1.54, 1.807) is 12.1 Å². The summed E-state index contributed by atoms with van der Waals surface area (Å²) in [6.07, 6.45) is -6.21. The largest absolute Gasteiger partial charge is 0.418 e. The van der Waals surface area contributed by atoms with Gasteiger partial charge in [0, 0.05) is 24.5 Å². The summed E-state index contributed by atoms with van der Waals surface area (Å²) in [5.41, 5.74) is -3.31. The maximum absolute atomic E-state index is 13.4. The zero-order chi connectivity index (χ0) is 23.1. The Morgan fingerprint density at radius 1 is 1.00 bits per heavy atom. The molecule has 1 atom stereocenters. The standard InChI is InChI=1S/C20H14F6N4O2/c21-19(22,23)12-3-4-14(20(24,25)26)13(10-12)18(31)30-9-1-2-15(30)17-29-28-16(32-17)11-5-7-27-8-6-11/h3-8,10,15H,1-2,9H2. The number of carbonyl (C=O) groups is 1. The normalized spacial score (nSPS) is 17.1. The monoisotopic (exact) mass is 456 g/mol. The molecule has 3 heterocycles. The first kappa shape index (κ1) is 21.8. The van der Waals surface area contributed by atoms with Crippen LogP contribution in [0.15, 0.2) is 47.1 Å². The average molecular weight is 456 g/mol. The topological polar surface area (TPSA) is 72.1 Å². The molecule has 4 rings (SSSR count). The molecule has 1 fully saturated rings. The van der Waals surface area contributed by atoms with E-state index in [0.29, 0.717) is 24.5 Å². The Labute approximate surface area is 176 Å². The number of carbonyl (C=O) groups excluding carboxylic acids is 1. The summed E-state index contributed by atoms with van der Waals surface area (Å²) in [6.45, 7) is 0.0318. The number of hydrogen-bond donors (Lipinski definition) is 0. The SMILES string of the molecule is O=C(c1cc(C(F)(F)F)ccc1C(F)(F)F)N1CCCC1c1nnc(-c2ccncc2)o1. The minimum atomic E-state index is -5.01. The van der Waals surface area contributed by atoms with Gasteiger partial charge in [-0.1, -0.05) is 0 Å². The van der Waals surface area contributed by atoms with Gasteiger partial charge in [-0.25, -0.2) is 0 Å². The lowest BCUT2D eigenvalue weighted by atomic mass is 10.0. The van der Waals surface area contributed by atoms with Crippen LogP contribution < -0.4 is 0 Å². The highest BCUT2D eigenvalue weighted by molar-refractivity contribution is 5.96. The number of pyridine rings is 1. The Balaban J connectivity index is 1.69. The van der Waals surface area contributed by atoms with Crippen molar-refractivity contribution in [1.82, 2.24) is 20.1 Å². The van der Waals surface area contributed by atoms with Crippen molar-refractivity contribution in [2.75, 3.05) is 6.54 Å². The number of nitrogens with zero attached hydrogens (tertiary/aromatic N) is 4. The molecule has 1 saturated heterocycles. The number of rotatable bonds is 3. The van der Waals surface area contributed by atoms with Gasteiger partial charge in [0.25, 0.3) is 5.91 Å². The van der Waals surface area contributed by atoms with Gasteiger partial charge in [-0.3, -0.25) is 9.78 Å². The molecule has 0 N–H and O–H groups in total. The third-order valence-corrected chi connectivity index (χ3v) is 5.05. The number of benzene rings is 1. The molecule has 3 aromatic rings. The number of likely N-dealkylation sites (tertiary alicyclic amines) is 1. The molecule has 0 radical (unpaired) electrons. The molecule has 0 aliphatic carbocycles. The van der Waals surface area contributed by atoms with Crippen molar-refractivity contribution < 1.29 is 35.6 Å². The van der Waals surface area contributed by atoms with Crippen LogP contribution in [0.3, 0.4) is 0 Å². The zero-order valence-corrected chi connectivity index (χ0v) is 16.1. The first-order valence-corrected chi connectivity index (χ1v) is 9.39. The van der Waals surface area contributed by atoms with E-state index in [9.17, 15) is 31.1 Å². The van der Waals surface area contributed by atoms with Crippen LogP contribution >= 0.6 is 0 Å². The number of halogens is 6. The molecule has 32 heavy (non-hydrogen) atoms. The van der Waals surface area contributed by atoms with Crippen LogP contribution in [0.2, 0.25) is 0 Å². The summed E-state index contributed by atoms with van der Waals surface area (Å²) in [5.74, 6) is -1.07. The van der Waals surface area contributed by atoms with Gasteiger partial charge in [-0.2, -0.15) is 26.3 Å². The zero-order valence-electron chi connectivity index (χ0n) is 16.1. The third kappa shape index (κ3) is 4.16. The first-order chi connectivity index (χ1) is 15.1. The predicted molar refractivity (Wildman–Crippen MR) is 97.0 cm³/mol. The van der Waals surface area contributed by atoms with Crippen LogP contribution in [0.25, 0.3) is 11.5 Å². The Kier molecular flexibility index (Phi) is 5.39. The van der Waals surface area contributed by atoms with Gasteiger partial charge < -0.3 is 9.32 Å². The van der Waals surface area contributed by atoms with Gasteiger partial charge in [0.15, 0.2) is 0 Å². The summed E-state index contributed by atoms with van der Waals surface area (Å²) in [5, 5.41) is 7.79. The molecule has 12 heteroatoms. The van der Waals surface area contributed by atoms with Crippen molar-refractivity contribution >= 4 is 5.91 Å². The van der Waals surface area contributed by atoms with Crippen LogP contribution in [0.4, 0.5) is 26.3 Å². The lowest BCUT2D eigenvalue weighted by molar-refractivity contribution is -0.141. The summed E-state index contributed by atoms with van der Waals surface area (Å²) in [7, 11) is 0. The molecule has 1 aromatic carbocycles. The average Bonchev–Trinajstić information content (AvgIpc) is 3.41. The molecular formula is C20H14F6N4O2. The maximum atomic E-state index is 13.4. The Bertz CT molecular complexity index is 1130. The van der Waals surface area contributed by atoms with Crippen LogP contribution in [0.5, 0.6) is 0 Å². The number of amides is 1. The molecule has 0 saturated carbocycles. The van der Waals surface area contributed by atoms with E-state index in [1.165, 1.54) is 12.4 Å². The first-order valence-electron chi connectivity index (χ1n) is 9.39. The van der Waals surface area contributed by atoms with Crippen molar-refractivity contribution in [3.8, 4) is 11.5 Å². The molecule has 0 spiro atoms. The van der Waals surface area contributed by atoms with Crippen molar-refractivity contribution in [2.45, 2.75) is 31.2 Å². The lowest BCUT2D eigenvalue weighted by Gasteiger charge is -2.24. The molecule has 1 aliphatic rings. The number of hydrogen-bond acceptors (Lipinski definition) is 5. The molecule has 1 amide bonds. The van der Waals surface area contributed by atoms with E-state index in [0.717, 1.165) is 4.90 Å². The molecule has 0 bridgehead atoms. The molecule has 2 aromatic heterocycles. The molecule has 1 unspecified atom stereocenters. The highest BCUT2D eigenvalue weighted by Crippen LogP contribution is 2.39. The van der Waals surface area contributed by atoms with Crippen molar-refractivity contribution in [1.29, 1.82) is 0 Å². The van der Waals surface area contributed by atoms with Crippen molar-refractivity contribution in [2.24, 2.45) is 0 Å². The van der Waals surface area contributed by atoms with E-state index < -0.39 is 41.0 Å². The third-order valence-electron chi connectivity index (χ3n) is 5.05. The summed E-state index contributed by atoms with van der Waals surface area (Å²) in [4.78, 5) is 17.9. The van der Waals surface area contributed by atoms with E-state index in [4.69, 9.17) is 4.42 Å². The van der Waals surface area contributed by atoms with Crippen LogP contribution in [-0.2, 0) is 12.4 Å². The van der Waals surface area contributed by atoms with Gasteiger partial charge in [0.05, 0.1) is 16.7 Å². The molecule has 168 valence electrons. The second-order valence-electron chi connectivity index (χ2n) is 7.09. The second kappa shape index (κ2) is 7.92. The highest BCUT2D eigenvalue weighted by Gasteiger charge is 2.42. The number of alkyl halides is 6. The predicted octanol–water partition coefficient (Wildman–Crippen LogP) is 5.15. The minimum Gasteiger partial charge on any atom is -0.418 e. The molecular weight excluding hydrogens is 442 g/mol. The fourth-order valence-corrected chi connectivity index (χ4v) is 3.55. The Morgan fingerprint density at radius 3 is 2.38 bits per heavy atom. The molecule has 1 aliphatic heterocycles. The number of aromatic nitrogens is 3. The van der Waals surface area contributed by atoms with E-state index in [-0.39, 0.29) is 30.5 Å². The van der Waals surface area contributed by atoms with E-state index in [2.05, 4.69) is 15.2 Å².